The van der Waals surface area contributed by atoms with Gasteiger partial charge in [0.05, 0.1) is 6.61 Å². The second-order valence-electron chi connectivity index (χ2n) is 7.63. The van der Waals surface area contributed by atoms with Crippen LogP contribution in [0, 0.1) is 11.3 Å². The Hall–Kier alpha value is -0.120. The number of nitrogens with one attached hydrogen (secondary N) is 1. The molecule has 19 heavy (non-hydrogen) atoms. The van der Waals surface area contributed by atoms with Gasteiger partial charge in [-0.3, -0.25) is 0 Å². The maximum absolute atomic E-state index is 5.71. The van der Waals surface area contributed by atoms with Crippen molar-refractivity contribution in [1.82, 2.24) is 10.2 Å². The lowest BCUT2D eigenvalue weighted by atomic mass is 9.85. The van der Waals surface area contributed by atoms with Crippen LogP contribution in [-0.4, -0.2) is 49.8 Å². The Morgan fingerprint density at radius 1 is 1.32 bits per heavy atom. The molecule has 1 atom stereocenters. The van der Waals surface area contributed by atoms with Crippen molar-refractivity contribution in [3.63, 3.8) is 0 Å². The number of rotatable bonds is 7. The summed E-state index contributed by atoms with van der Waals surface area (Å²) in [7, 11) is 0. The van der Waals surface area contributed by atoms with Crippen molar-refractivity contribution in [2.24, 2.45) is 11.3 Å². The van der Waals surface area contributed by atoms with Crippen LogP contribution in [0.5, 0.6) is 0 Å². The van der Waals surface area contributed by atoms with Crippen LogP contribution >= 0.6 is 0 Å². The van der Waals surface area contributed by atoms with Gasteiger partial charge in [-0.2, -0.15) is 0 Å². The van der Waals surface area contributed by atoms with E-state index < -0.39 is 0 Å². The summed E-state index contributed by atoms with van der Waals surface area (Å²) in [5, 5.41) is 3.68. The quantitative estimate of drug-likeness (QED) is 0.770. The van der Waals surface area contributed by atoms with Gasteiger partial charge in [0.15, 0.2) is 0 Å². The summed E-state index contributed by atoms with van der Waals surface area (Å²) in [5.74, 6) is 0.731. The molecular formula is C16H34N2O. The zero-order valence-electron chi connectivity index (χ0n) is 13.9. The number of nitrogens with zero attached hydrogens (tertiary/aromatic N) is 1. The molecule has 0 aromatic rings. The molecule has 1 saturated heterocycles. The maximum Gasteiger partial charge on any atom is 0.0547 e. The van der Waals surface area contributed by atoms with Crippen molar-refractivity contribution in [3.8, 4) is 0 Å². The molecule has 1 unspecified atom stereocenters. The topological polar surface area (TPSA) is 24.5 Å². The van der Waals surface area contributed by atoms with Crippen molar-refractivity contribution < 1.29 is 4.74 Å². The second-order valence-corrected chi connectivity index (χ2v) is 7.63. The highest BCUT2D eigenvalue weighted by Crippen LogP contribution is 2.30. The lowest BCUT2D eigenvalue weighted by molar-refractivity contribution is 0.0995. The van der Waals surface area contributed by atoms with E-state index in [1.165, 1.54) is 13.0 Å². The van der Waals surface area contributed by atoms with E-state index in [0.29, 0.717) is 5.41 Å². The van der Waals surface area contributed by atoms with Gasteiger partial charge in [0, 0.05) is 37.2 Å². The minimum atomic E-state index is 0.185. The van der Waals surface area contributed by atoms with Gasteiger partial charge in [0.25, 0.3) is 0 Å². The van der Waals surface area contributed by atoms with Gasteiger partial charge in [-0.05, 0) is 39.7 Å². The Morgan fingerprint density at radius 3 is 2.42 bits per heavy atom. The monoisotopic (exact) mass is 270 g/mol. The first-order valence-electron chi connectivity index (χ1n) is 7.81. The van der Waals surface area contributed by atoms with Crippen LogP contribution in [0.3, 0.4) is 0 Å². The fourth-order valence-electron chi connectivity index (χ4n) is 2.72. The molecule has 0 aromatic carbocycles. The third kappa shape index (κ3) is 6.24. The molecule has 1 aliphatic rings. The molecule has 114 valence electrons. The average Bonchev–Trinajstić information content (AvgIpc) is 2.73. The lowest BCUT2D eigenvalue weighted by Crippen LogP contribution is -2.49. The molecule has 3 nitrogen and oxygen atoms in total. The summed E-state index contributed by atoms with van der Waals surface area (Å²) in [5.41, 5.74) is 0.489. The SMILES string of the molecule is CCN(CC(C)C)CC1(CNC(C)(C)C)CCOC1. The van der Waals surface area contributed by atoms with E-state index in [1.54, 1.807) is 0 Å². The van der Waals surface area contributed by atoms with E-state index in [9.17, 15) is 0 Å². The Labute approximate surface area is 120 Å². The summed E-state index contributed by atoms with van der Waals surface area (Å²) >= 11 is 0. The van der Waals surface area contributed by atoms with Crippen molar-refractivity contribution >= 4 is 0 Å². The Bertz CT molecular complexity index is 252. The zero-order valence-corrected chi connectivity index (χ0v) is 13.9. The highest BCUT2D eigenvalue weighted by atomic mass is 16.5. The van der Waals surface area contributed by atoms with Gasteiger partial charge in [-0.25, -0.2) is 0 Å². The molecule has 0 radical (unpaired) electrons. The molecular weight excluding hydrogens is 236 g/mol. The van der Waals surface area contributed by atoms with Gasteiger partial charge in [0.2, 0.25) is 0 Å². The minimum Gasteiger partial charge on any atom is -0.381 e. The van der Waals surface area contributed by atoms with Crippen LogP contribution in [0.4, 0.5) is 0 Å². The normalized spacial score (nSPS) is 24.6. The minimum absolute atomic E-state index is 0.185. The molecule has 0 saturated carbocycles. The Morgan fingerprint density at radius 2 is 2.00 bits per heavy atom. The van der Waals surface area contributed by atoms with Crippen molar-refractivity contribution in [2.75, 3.05) is 39.4 Å². The highest BCUT2D eigenvalue weighted by molar-refractivity contribution is 4.90. The average molecular weight is 270 g/mol. The predicted molar refractivity (Wildman–Crippen MR) is 82.6 cm³/mol. The first kappa shape index (κ1) is 16.9. The van der Waals surface area contributed by atoms with Crippen LogP contribution in [0.2, 0.25) is 0 Å². The third-order valence-electron chi connectivity index (χ3n) is 3.81. The van der Waals surface area contributed by atoms with E-state index in [2.05, 4.69) is 51.8 Å². The highest BCUT2D eigenvalue weighted by Gasteiger charge is 2.37. The molecule has 0 aliphatic carbocycles. The summed E-state index contributed by atoms with van der Waals surface area (Å²) in [4.78, 5) is 2.59. The van der Waals surface area contributed by atoms with Crippen molar-refractivity contribution in [1.29, 1.82) is 0 Å². The van der Waals surface area contributed by atoms with Crippen LogP contribution in [0.1, 0.15) is 48.0 Å². The Kier molecular flexibility index (Phi) is 6.28. The number of ether oxygens (including phenoxy) is 1. The van der Waals surface area contributed by atoms with E-state index in [-0.39, 0.29) is 5.54 Å². The maximum atomic E-state index is 5.71. The summed E-state index contributed by atoms with van der Waals surface area (Å²) in [6.07, 6.45) is 1.19. The fourth-order valence-corrected chi connectivity index (χ4v) is 2.72. The van der Waals surface area contributed by atoms with Gasteiger partial charge in [-0.1, -0.05) is 20.8 Å². The molecule has 0 spiro atoms. The molecule has 1 heterocycles. The van der Waals surface area contributed by atoms with Crippen LogP contribution in [0.15, 0.2) is 0 Å². The zero-order chi connectivity index (χ0) is 14.5. The fraction of sp³-hybridized carbons (Fsp3) is 1.00. The van der Waals surface area contributed by atoms with Crippen LogP contribution < -0.4 is 5.32 Å². The standard InChI is InChI=1S/C16H34N2O/c1-7-18(10-14(2)3)12-16(8-9-19-13-16)11-17-15(4,5)6/h14,17H,7-13H2,1-6H3. The molecule has 1 rings (SSSR count). The van der Waals surface area contributed by atoms with Crippen molar-refractivity contribution in [3.05, 3.63) is 0 Å². The molecule has 0 bridgehead atoms. The second kappa shape index (κ2) is 7.05. The smallest absolute Gasteiger partial charge is 0.0547 e. The van der Waals surface area contributed by atoms with E-state index in [4.69, 9.17) is 4.74 Å². The van der Waals surface area contributed by atoms with Gasteiger partial charge >= 0.3 is 0 Å². The largest absolute Gasteiger partial charge is 0.381 e. The summed E-state index contributed by atoms with van der Waals surface area (Å²) in [6, 6.07) is 0. The summed E-state index contributed by atoms with van der Waals surface area (Å²) in [6.45, 7) is 20.0. The first-order chi connectivity index (χ1) is 8.76. The summed E-state index contributed by atoms with van der Waals surface area (Å²) < 4.78 is 5.71. The Balaban J connectivity index is 2.59. The molecule has 1 aliphatic heterocycles. The molecule has 1 N–H and O–H groups in total. The van der Waals surface area contributed by atoms with Crippen LogP contribution in [-0.2, 0) is 4.74 Å². The van der Waals surface area contributed by atoms with Gasteiger partial charge in [-0.15, -0.1) is 0 Å². The first-order valence-corrected chi connectivity index (χ1v) is 7.81. The van der Waals surface area contributed by atoms with E-state index >= 15 is 0 Å². The van der Waals surface area contributed by atoms with Crippen LogP contribution in [0.25, 0.3) is 0 Å². The predicted octanol–water partition coefficient (Wildman–Crippen LogP) is 2.76. The molecule has 3 heteroatoms. The lowest BCUT2D eigenvalue weighted by Gasteiger charge is -2.37. The van der Waals surface area contributed by atoms with E-state index in [0.717, 1.165) is 38.8 Å². The van der Waals surface area contributed by atoms with E-state index in [1.807, 2.05) is 0 Å². The van der Waals surface area contributed by atoms with Gasteiger partial charge < -0.3 is 15.0 Å². The van der Waals surface area contributed by atoms with Crippen molar-refractivity contribution in [2.45, 2.75) is 53.5 Å². The molecule has 0 amide bonds. The molecule has 0 aromatic heterocycles. The molecule has 1 fully saturated rings. The number of hydrogen-bond acceptors (Lipinski definition) is 3. The number of hydrogen-bond donors (Lipinski definition) is 1. The third-order valence-corrected chi connectivity index (χ3v) is 3.81. The van der Waals surface area contributed by atoms with Gasteiger partial charge in [0.1, 0.15) is 0 Å².